The number of amides is 2. The van der Waals surface area contributed by atoms with Crippen LogP contribution < -0.4 is 15.5 Å². The van der Waals surface area contributed by atoms with E-state index < -0.39 is 0 Å². The highest BCUT2D eigenvalue weighted by Gasteiger charge is 2.33. The molecule has 128 valence electrons. The molecule has 0 saturated carbocycles. The van der Waals surface area contributed by atoms with Crippen LogP contribution in [0.4, 0.5) is 10.5 Å². The fourth-order valence-corrected chi connectivity index (χ4v) is 3.45. The number of nitrogens with zero attached hydrogens (tertiary/aromatic N) is 1. The Hall–Kier alpha value is -2.50. The molecule has 1 aromatic carbocycles. The van der Waals surface area contributed by atoms with E-state index in [1.165, 1.54) is 5.56 Å². The molecule has 0 radical (unpaired) electrons. The van der Waals surface area contributed by atoms with E-state index in [4.69, 9.17) is 4.74 Å². The summed E-state index contributed by atoms with van der Waals surface area (Å²) in [6, 6.07) is 7.89. The molecule has 3 rings (SSSR count). The number of anilines is 1. The largest absolute Gasteiger partial charge is 0.463 e. The number of esters is 1. The molecule has 0 spiro atoms. The second-order valence-corrected chi connectivity index (χ2v) is 6.24. The summed E-state index contributed by atoms with van der Waals surface area (Å²) in [6.45, 7) is 6.50. The Balaban J connectivity index is 1.94. The average Bonchev–Trinajstić information content (AvgIpc) is 2.83. The number of rotatable bonds is 4. The Morgan fingerprint density at radius 1 is 1.33 bits per heavy atom. The zero-order valence-corrected chi connectivity index (χ0v) is 14.3. The van der Waals surface area contributed by atoms with E-state index in [-0.39, 0.29) is 18.0 Å². The summed E-state index contributed by atoms with van der Waals surface area (Å²) in [5.74, 6) is -0.382. The van der Waals surface area contributed by atoms with Crippen LogP contribution >= 0.6 is 0 Å². The molecule has 0 aliphatic carbocycles. The highest BCUT2D eigenvalue weighted by molar-refractivity contribution is 5.95. The Morgan fingerprint density at radius 3 is 2.83 bits per heavy atom. The summed E-state index contributed by atoms with van der Waals surface area (Å²) in [5.41, 5.74) is 3.55. The molecule has 6 heteroatoms. The molecular formula is C18H23N3O3. The van der Waals surface area contributed by atoms with Crippen molar-refractivity contribution in [3.8, 4) is 0 Å². The van der Waals surface area contributed by atoms with Crippen LogP contribution in [0.1, 0.15) is 26.3 Å². The first-order valence-corrected chi connectivity index (χ1v) is 8.33. The Bertz CT molecular complexity index is 699. The van der Waals surface area contributed by atoms with Crippen LogP contribution in [0.15, 0.2) is 35.5 Å². The average molecular weight is 329 g/mol. The number of hydrogen-bond acceptors (Lipinski definition) is 4. The quantitative estimate of drug-likeness (QED) is 0.829. The number of carbonyl (C=O) groups excluding carboxylic acids is 2. The smallest absolute Gasteiger partial charge is 0.337 e. The first-order chi connectivity index (χ1) is 11.5. The zero-order chi connectivity index (χ0) is 17.3. The van der Waals surface area contributed by atoms with E-state index in [0.717, 1.165) is 12.1 Å². The van der Waals surface area contributed by atoms with Crippen LogP contribution in [0, 0.1) is 0 Å². The summed E-state index contributed by atoms with van der Waals surface area (Å²) in [4.78, 5) is 26.4. The van der Waals surface area contributed by atoms with Crippen molar-refractivity contribution in [2.45, 2.75) is 39.3 Å². The first kappa shape index (κ1) is 16.4. The molecule has 0 aromatic heterocycles. The minimum absolute atomic E-state index is 0.286. The standard InChI is InChI=1S/C18H23N3O3/c1-4-24-17(22)16-12(3)19-18(23)20-14(16)10-21-11(2)9-13-7-5-6-8-15(13)21/h5-8,11-12H,4,9-10H2,1-3H3,(H2,19,20,23)/t11-,12-/m0/s1. The second kappa shape index (κ2) is 6.55. The van der Waals surface area contributed by atoms with Crippen LogP contribution in [0.25, 0.3) is 0 Å². The maximum absolute atomic E-state index is 12.3. The predicted octanol–water partition coefficient (Wildman–Crippen LogP) is 1.96. The normalized spacial score (nSPS) is 22.8. The molecule has 2 N–H and O–H groups in total. The third kappa shape index (κ3) is 2.96. The van der Waals surface area contributed by atoms with Crippen LogP contribution in [-0.4, -0.2) is 37.2 Å². The summed E-state index contributed by atoms with van der Waals surface area (Å²) < 4.78 is 5.17. The number of hydrogen-bond donors (Lipinski definition) is 2. The van der Waals surface area contributed by atoms with Gasteiger partial charge in [-0.15, -0.1) is 0 Å². The molecule has 2 heterocycles. The second-order valence-electron chi connectivity index (χ2n) is 6.24. The molecule has 0 unspecified atom stereocenters. The lowest BCUT2D eigenvalue weighted by molar-refractivity contribution is -0.139. The van der Waals surface area contributed by atoms with Gasteiger partial charge in [-0.2, -0.15) is 0 Å². The number of benzene rings is 1. The summed E-state index contributed by atoms with van der Waals surface area (Å²) in [6.07, 6.45) is 0.958. The molecule has 0 saturated heterocycles. The Kier molecular flexibility index (Phi) is 4.46. The number of para-hydroxylation sites is 1. The summed E-state index contributed by atoms with van der Waals surface area (Å²) in [5, 5.41) is 5.53. The lowest BCUT2D eigenvalue weighted by atomic mass is 10.0. The van der Waals surface area contributed by atoms with Crippen LogP contribution in [0.2, 0.25) is 0 Å². The molecule has 0 bridgehead atoms. The highest BCUT2D eigenvalue weighted by Crippen LogP contribution is 2.32. The highest BCUT2D eigenvalue weighted by atomic mass is 16.5. The van der Waals surface area contributed by atoms with E-state index in [2.05, 4.69) is 34.6 Å². The minimum Gasteiger partial charge on any atom is -0.463 e. The van der Waals surface area contributed by atoms with Gasteiger partial charge in [-0.25, -0.2) is 9.59 Å². The molecule has 2 aliphatic rings. The number of carbonyl (C=O) groups is 2. The van der Waals surface area contributed by atoms with Gasteiger partial charge in [0.2, 0.25) is 0 Å². The van der Waals surface area contributed by atoms with Gasteiger partial charge in [-0.05, 0) is 38.8 Å². The maximum Gasteiger partial charge on any atom is 0.337 e. The fourth-order valence-electron chi connectivity index (χ4n) is 3.45. The number of ether oxygens (including phenoxy) is 1. The number of urea groups is 1. The summed E-state index contributed by atoms with van der Waals surface area (Å²) >= 11 is 0. The Labute approximate surface area is 141 Å². The molecule has 6 nitrogen and oxygen atoms in total. The molecule has 24 heavy (non-hydrogen) atoms. The monoisotopic (exact) mass is 329 g/mol. The predicted molar refractivity (Wildman–Crippen MR) is 91.7 cm³/mol. The van der Waals surface area contributed by atoms with Crippen LogP contribution in [-0.2, 0) is 16.0 Å². The Morgan fingerprint density at radius 2 is 2.08 bits per heavy atom. The van der Waals surface area contributed by atoms with E-state index >= 15 is 0 Å². The number of nitrogens with one attached hydrogen (secondary N) is 2. The van der Waals surface area contributed by atoms with Crippen LogP contribution in [0.5, 0.6) is 0 Å². The van der Waals surface area contributed by atoms with E-state index in [1.54, 1.807) is 13.8 Å². The van der Waals surface area contributed by atoms with Crippen molar-refractivity contribution in [3.63, 3.8) is 0 Å². The van der Waals surface area contributed by atoms with E-state index in [0.29, 0.717) is 30.5 Å². The van der Waals surface area contributed by atoms with Gasteiger partial charge < -0.3 is 20.3 Å². The maximum atomic E-state index is 12.3. The van der Waals surface area contributed by atoms with Crippen molar-refractivity contribution in [1.82, 2.24) is 10.6 Å². The van der Waals surface area contributed by atoms with Gasteiger partial charge in [-0.1, -0.05) is 18.2 Å². The lowest BCUT2D eigenvalue weighted by Crippen LogP contribution is -2.51. The molecular weight excluding hydrogens is 306 g/mol. The van der Waals surface area contributed by atoms with Crippen molar-refractivity contribution in [1.29, 1.82) is 0 Å². The zero-order valence-electron chi connectivity index (χ0n) is 14.3. The minimum atomic E-state index is -0.382. The van der Waals surface area contributed by atoms with E-state index in [1.807, 2.05) is 12.1 Å². The van der Waals surface area contributed by atoms with E-state index in [9.17, 15) is 9.59 Å². The molecule has 2 aliphatic heterocycles. The summed E-state index contributed by atoms with van der Waals surface area (Å²) in [7, 11) is 0. The van der Waals surface area contributed by atoms with Gasteiger partial charge in [0.15, 0.2) is 0 Å². The fraction of sp³-hybridized carbons (Fsp3) is 0.444. The van der Waals surface area contributed by atoms with Crippen molar-refractivity contribution >= 4 is 17.7 Å². The molecule has 1 aromatic rings. The van der Waals surface area contributed by atoms with Crippen molar-refractivity contribution in [3.05, 3.63) is 41.1 Å². The molecule has 0 fully saturated rings. The lowest BCUT2D eigenvalue weighted by Gasteiger charge is -2.31. The third-order valence-corrected chi connectivity index (χ3v) is 4.54. The first-order valence-electron chi connectivity index (χ1n) is 8.33. The molecule has 2 amide bonds. The SMILES string of the molecule is CCOC(=O)C1=C(CN2c3ccccc3C[C@@H]2C)NC(=O)N[C@H]1C. The topological polar surface area (TPSA) is 70.7 Å². The van der Waals surface area contributed by atoms with Crippen molar-refractivity contribution in [2.75, 3.05) is 18.1 Å². The number of fused-ring (bicyclic) bond motifs is 1. The molecule has 2 atom stereocenters. The van der Waals surface area contributed by atoms with Crippen molar-refractivity contribution in [2.24, 2.45) is 0 Å². The van der Waals surface area contributed by atoms with Gasteiger partial charge in [0.25, 0.3) is 0 Å². The van der Waals surface area contributed by atoms with Gasteiger partial charge in [0, 0.05) is 11.7 Å². The van der Waals surface area contributed by atoms with Gasteiger partial charge in [-0.3, -0.25) is 0 Å². The van der Waals surface area contributed by atoms with Crippen molar-refractivity contribution < 1.29 is 14.3 Å². The third-order valence-electron chi connectivity index (χ3n) is 4.54. The van der Waals surface area contributed by atoms with Gasteiger partial charge in [0.05, 0.1) is 30.5 Å². The van der Waals surface area contributed by atoms with Gasteiger partial charge in [0.1, 0.15) is 0 Å². The van der Waals surface area contributed by atoms with Gasteiger partial charge >= 0.3 is 12.0 Å². The van der Waals surface area contributed by atoms with Crippen LogP contribution in [0.3, 0.4) is 0 Å².